The first kappa shape index (κ1) is 24.5. The summed E-state index contributed by atoms with van der Waals surface area (Å²) in [4.78, 5) is 28.9. The maximum Gasteiger partial charge on any atom is 0.258 e. The van der Waals surface area contributed by atoms with E-state index in [1.54, 1.807) is 30.7 Å². The molecule has 2 aromatic rings. The lowest BCUT2D eigenvalue weighted by Gasteiger charge is -2.33. The molecular formula is C25H33F2N5O2S. The minimum Gasteiger partial charge on any atom is -0.481 e. The number of amides is 1. The number of nitrogens with zero attached hydrogens (tertiary/aromatic N) is 4. The average Bonchev–Trinajstić information content (AvgIpc) is 3.25. The Labute approximate surface area is 208 Å². The van der Waals surface area contributed by atoms with Gasteiger partial charge < -0.3 is 10.1 Å². The molecule has 2 aromatic heterocycles. The van der Waals surface area contributed by atoms with Gasteiger partial charge in [-0.25, -0.2) is 23.7 Å². The second-order valence-corrected chi connectivity index (χ2v) is 11.4. The monoisotopic (exact) mass is 505 g/mol. The van der Waals surface area contributed by atoms with Crippen molar-refractivity contribution < 1.29 is 18.3 Å². The number of carbonyl (C=O) groups is 1. The van der Waals surface area contributed by atoms with E-state index in [1.165, 1.54) is 4.88 Å². The summed E-state index contributed by atoms with van der Waals surface area (Å²) in [6.45, 7) is 4.68. The number of fused-ring (bicyclic) bond motifs is 1. The Morgan fingerprint density at radius 1 is 1.23 bits per heavy atom. The van der Waals surface area contributed by atoms with Crippen molar-refractivity contribution in [2.45, 2.75) is 82.7 Å². The average molecular weight is 506 g/mol. The second kappa shape index (κ2) is 10.4. The molecule has 35 heavy (non-hydrogen) atoms. The van der Waals surface area contributed by atoms with E-state index in [9.17, 15) is 13.6 Å². The van der Waals surface area contributed by atoms with Crippen LogP contribution < -0.4 is 10.1 Å². The van der Waals surface area contributed by atoms with Crippen LogP contribution in [0.25, 0.3) is 0 Å². The Morgan fingerprint density at radius 3 is 2.69 bits per heavy atom. The van der Waals surface area contributed by atoms with Crippen LogP contribution in [-0.4, -0.2) is 57.4 Å². The molecule has 10 heteroatoms. The molecule has 0 spiro atoms. The van der Waals surface area contributed by atoms with Crippen molar-refractivity contribution in [3.63, 3.8) is 0 Å². The molecule has 1 N–H and O–H groups in total. The van der Waals surface area contributed by atoms with E-state index in [4.69, 9.17) is 9.72 Å². The number of hydrogen-bond acceptors (Lipinski definition) is 7. The van der Waals surface area contributed by atoms with Crippen molar-refractivity contribution in [2.75, 3.05) is 19.7 Å². The summed E-state index contributed by atoms with van der Waals surface area (Å²) in [6, 6.07) is 0.210. The van der Waals surface area contributed by atoms with E-state index in [0.29, 0.717) is 17.5 Å². The Bertz CT molecular complexity index is 1020. The zero-order valence-electron chi connectivity index (χ0n) is 20.1. The van der Waals surface area contributed by atoms with E-state index in [-0.39, 0.29) is 37.3 Å². The largest absolute Gasteiger partial charge is 0.481 e. The summed E-state index contributed by atoms with van der Waals surface area (Å²) < 4.78 is 31.9. The minimum absolute atomic E-state index is 0.0230. The fraction of sp³-hybridized carbons (Fsp3) is 0.680. The topological polar surface area (TPSA) is 80.2 Å². The van der Waals surface area contributed by atoms with Gasteiger partial charge in [-0.2, -0.15) is 0 Å². The van der Waals surface area contributed by atoms with Gasteiger partial charge in [0.05, 0.1) is 23.1 Å². The first-order valence-corrected chi connectivity index (χ1v) is 13.4. The van der Waals surface area contributed by atoms with E-state index in [0.717, 1.165) is 68.9 Å². The SMILES string of the molecule is Cc1ncc(OCC(=O)N[C@H]2CC[C@H](CCN3CCc4sc(C5CC(F)(F)C5)nc4C3)CC2)cn1. The van der Waals surface area contributed by atoms with Gasteiger partial charge in [-0.15, -0.1) is 11.3 Å². The first-order valence-electron chi connectivity index (χ1n) is 12.6. The summed E-state index contributed by atoms with van der Waals surface area (Å²) in [6.07, 6.45) is 9.43. The lowest BCUT2D eigenvalue weighted by Crippen LogP contribution is -2.40. The normalized spacial score (nSPS) is 24.4. The quantitative estimate of drug-likeness (QED) is 0.578. The molecule has 190 valence electrons. The molecule has 0 unspecified atom stereocenters. The third kappa shape index (κ3) is 6.33. The summed E-state index contributed by atoms with van der Waals surface area (Å²) >= 11 is 1.66. The second-order valence-electron chi connectivity index (χ2n) is 10.2. The van der Waals surface area contributed by atoms with Crippen LogP contribution in [0.4, 0.5) is 8.78 Å². The van der Waals surface area contributed by atoms with E-state index in [2.05, 4.69) is 20.2 Å². The molecule has 3 heterocycles. The van der Waals surface area contributed by atoms with Crippen LogP contribution in [0.2, 0.25) is 0 Å². The molecule has 0 saturated heterocycles. The van der Waals surface area contributed by atoms with Crippen molar-refractivity contribution in [3.05, 3.63) is 33.8 Å². The predicted octanol–water partition coefficient (Wildman–Crippen LogP) is 4.26. The summed E-state index contributed by atoms with van der Waals surface area (Å²) in [5.74, 6) is -0.805. The molecule has 2 aliphatic carbocycles. The zero-order valence-corrected chi connectivity index (χ0v) is 21.0. The van der Waals surface area contributed by atoms with Crippen LogP contribution in [-0.2, 0) is 17.8 Å². The standard InChI is InChI=1S/C25H33F2N5O2S/c1-16-28-12-20(13-29-16)34-15-23(33)30-19-4-2-17(3-5-19)6-8-32-9-7-22-21(14-32)31-24(35-22)18-10-25(26,27)11-18/h12-13,17-19H,2-11,14-15H2,1H3,(H,30,33)/t17-,19-. The van der Waals surface area contributed by atoms with Gasteiger partial charge in [0, 0.05) is 42.8 Å². The molecule has 5 rings (SSSR count). The van der Waals surface area contributed by atoms with Crippen LogP contribution in [0.15, 0.2) is 12.4 Å². The molecule has 0 aromatic carbocycles. The third-order valence-corrected chi connectivity index (χ3v) is 8.78. The number of rotatable bonds is 8. The number of carbonyl (C=O) groups excluding carboxylic acids is 1. The van der Waals surface area contributed by atoms with Gasteiger partial charge >= 0.3 is 0 Å². The Kier molecular flexibility index (Phi) is 7.29. The molecule has 3 aliphatic rings. The Hall–Kier alpha value is -2.20. The molecule has 7 nitrogen and oxygen atoms in total. The van der Waals surface area contributed by atoms with Gasteiger partial charge in [0.2, 0.25) is 5.92 Å². The van der Waals surface area contributed by atoms with Crippen LogP contribution in [0.5, 0.6) is 5.75 Å². The maximum absolute atomic E-state index is 13.2. The number of hydrogen-bond donors (Lipinski definition) is 1. The molecule has 2 saturated carbocycles. The van der Waals surface area contributed by atoms with E-state index < -0.39 is 5.92 Å². The highest BCUT2D eigenvalue weighted by molar-refractivity contribution is 7.11. The lowest BCUT2D eigenvalue weighted by molar-refractivity contribution is -0.124. The Morgan fingerprint density at radius 2 is 1.97 bits per heavy atom. The van der Waals surface area contributed by atoms with E-state index in [1.807, 2.05) is 0 Å². The van der Waals surface area contributed by atoms with Gasteiger partial charge in [0.1, 0.15) is 5.82 Å². The number of aromatic nitrogens is 3. The highest BCUT2D eigenvalue weighted by Crippen LogP contribution is 2.49. The van der Waals surface area contributed by atoms with Crippen molar-refractivity contribution in [1.29, 1.82) is 0 Å². The molecular weight excluding hydrogens is 472 g/mol. The highest BCUT2D eigenvalue weighted by Gasteiger charge is 2.47. The minimum atomic E-state index is -2.49. The maximum atomic E-state index is 13.2. The van der Waals surface area contributed by atoms with Gasteiger partial charge in [0.25, 0.3) is 5.91 Å². The number of ether oxygens (including phenoxy) is 1. The first-order chi connectivity index (χ1) is 16.8. The van der Waals surface area contributed by atoms with Gasteiger partial charge in [-0.1, -0.05) is 0 Å². The highest BCUT2D eigenvalue weighted by atomic mass is 32.1. The molecule has 0 atom stereocenters. The fourth-order valence-corrected chi connectivity index (χ4v) is 6.47. The van der Waals surface area contributed by atoms with Crippen molar-refractivity contribution in [1.82, 2.24) is 25.2 Å². The Balaban J connectivity index is 0.991. The number of alkyl halides is 2. The molecule has 0 bridgehead atoms. The lowest BCUT2D eigenvalue weighted by atomic mass is 9.82. The fourth-order valence-electron chi connectivity index (χ4n) is 5.31. The van der Waals surface area contributed by atoms with Crippen LogP contribution in [0, 0.1) is 12.8 Å². The smallest absolute Gasteiger partial charge is 0.258 e. The molecule has 0 radical (unpaired) electrons. The number of nitrogens with one attached hydrogen (secondary N) is 1. The van der Waals surface area contributed by atoms with Gasteiger partial charge in [-0.3, -0.25) is 9.69 Å². The van der Waals surface area contributed by atoms with Gasteiger partial charge in [-0.05, 0) is 57.9 Å². The summed E-state index contributed by atoms with van der Waals surface area (Å²) in [5, 5.41) is 4.01. The number of halogens is 2. The van der Waals surface area contributed by atoms with E-state index >= 15 is 0 Å². The molecule has 1 aliphatic heterocycles. The van der Waals surface area contributed by atoms with Crippen LogP contribution in [0.3, 0.4) is 0 Å². The molecule has 2 fully saturated rings. The third-order valence-electron chi connectivity index (χ3n) is 7.46. The van der Waals surface area contributed by atoms with Crippen LogP contribution >= 0.6 is 11.3 Å². The van der Waals surface area contributed by atoms with Gasteiger partial charge in [0.15, 0.2) is 12.4 Å². The van der Waals surface area contributed by atoms with Crippen molar-refractivity contribution in [2.24, 2.45) is 5.92 Å². The zero-order chi connectivity index (χ0) is 24.4. The number of aryl methyl sites for hydroxylation is 1. The van der Waals surface area contributed by atoms with Crippen LogP contribution in [0.1, 0.15) is 72.3 Å². The summed E-state index contributed by atoms with van der Waals surface area (Å²) in [5.41, 5.74) is 1.11. The number of thiazole rings is 1. The van der Waals surface area contributed by atoms with Crippen molar-refractivity contribution in [3.8, 4) is 5.75 Å². The summed E-state index contributed by atoms with van der Waals surface area (Å²) in [7, 11) is 0. The predicted molar refractivity (Wildman–Crippen MR) is 129 cm³/mol. The van der Waals surface area contributed by atoms with Crippen molar-refractivity contribution >= 4 is 17.2 Å². The molecule has 1 amide bonds.